The summed E-state index contributed by atoms with van der Waals surface area (Å²) in [5.74, 6) is 0.992. The minimum atomic E-state index is -0.287. The number of amides is 1. The number of aryl methyl sites for hydroxylation is 1. The van der Waals surface area contributed by atoms with E-state index in [1.807, 2.05) is 12.1 Å². The van der Waals surface area contributed by atoms with Crippen molar-refractivity contribution in [1.29, 1.82) is 0 Å². The predicted octanol–water partition coefficient (Wildman–Crippen LogP) is 4.00. The quantitative estimate of drug-likeness (QED) is 0.692. The van der Waals surface area contributed by atoms with Crippen molar-refractivity contribution in [1.82, 2.24) is 5.32 Å². The molecule has 1 aliphatic carbocycles. The number of carbonyl (C=O) groups is 1. The number of rotatable bonds is 9. The van der Waals surface area contributed by atoms with Gasteiger partial charge < -0.3 is 15.8 Å². The van der Waals surface area contributed by atoms with Crippen molar-refractivity contribution in [3.63, 3.8) is 0 Å². The Balaban J connectivity index is 0.00000312. The number of benzene rings is 1. The zero-order chi connectivity index (χ0) is 17.4. The fourth-order valence-electron chi connectivity index (χ4n) is 3.09. The molecule has 25 heavy (non-hydrogen) atoms. The second-order valence-corrected chi connectivity index (χ2v) is 7.02. The minimum Gasteiger partial charge on any atom is -0.490 e. The van der Waals surface area contributed by atoms with Gasteiger partial charge >= 0.3 is 0 Å². The molecule has 0 unspecified atom stereocenters. The normalized spacial score (nSPS) is 14.8. The molecule has 0 saturated heterocycles. The largest absolute Gasteiger partial charge is 0.490 e. The molecule has 1 fully saturated rings. The first-order valence-corrected chi connectivity index (χ1v) is 9.36. The topological polar surface area (TPSA) is 64.3 Å². The molecule has 0 atom stereocenters. The summed E-state index contributed by atoms with van der Waals surface area (Å²) >= 11 is 0. The van der Waals surface area contributed by atoms with Crippen LogP contribution in [0.15, 0.2) is 24.3 Å². The summed E-state index contributed by atoms with van der Waals surface area (Å²) in [5.41, 5.74) is 7.08. The highest BCUT2D eigenvalue weighted by Crippen LogP contribution is 2.24. The first-order valence-electron chi connectivity index (χ1n) is 9.36. The van der Waals surface area contributed by atoms with Gasteiger partial charge in [0.05, 0.1) is 6.10 Å². The fourth-order valence-corrected chi connectivity index (χ4v) is 3.09. The van der Waals surface area contributed by atoms with Gasteiger partial charge in [-0.1, -0.05) is 26.0 Å². The Morgan fingerprint density at radius 1 is 1.28 bits per heavy atom. The standard InChI is InChI=1S/C20H32N2O2.ClH/c1-3-20(21,4-2)15-22-19(23)13-12-16-8-7-11-18(14-16)24-17-9-5-6-10-17;/h7-8,11,14,17H,3-6,9-10,12-13,15,21H2,1-2H3,(H,22,23);1H. The molecule has 1 amide bonds. The molecule has 1 saturated carbocycles. The van der Waals surface area contributed by atoms with Crippen LogP contribution in [-0.2, 0) is 11.2 Å². The fraction of sp³-hybridized carbons (Fsp3) is 0.650. The number of halogens is 1. The van der Waals surface area contributed by atoms with E-state index in [1.165, 1.54) is 12.8 Å². The van der Waals surface area contributed by atoms with Gasteiger partial charge in [0.25, 0.3) is 0 Å². The molecule has 0 radical (unpaired) electrons. The van der Waals surface area contributed by atoms with Crippen LogP contribution in [0, 0.1) is 0 Å². The Hall–Kier alpha value is -1.26. The molecule has 142 valence electrons. The van der Waals surface area contributed by atoms with E-state index in [-0.39, 0.29) is 23.9 Å². The van der Waals surface area contributed by atoms with Gasteiger partial charge in [-0.15, -0.1) is 12.4 Å². The first kappa shape index (κ1) is 21.8. The molecule has 0 bridgehead atoms. The van der Waals surface area contributed by atoms with Gasteiger partial charge in [0.2, 0.25) is 5.91 Å². The average molecular weight is 369 g/mol. The Morgan fingerprint density at radius 2 is 1.96 bits per heavy atom. The van der Waals surface area contributed by atoms with Gasteiger partial charge in [-0.25, -0.2) is 0 Å². The van der Waals surface area contributed by atoms with Crippen LogP contribution in [0.4, 0.5) is 0 Å². The van der Waals surface area contributed by atoms with Crippen LogP contribution in [0.3, 0.4) is 0 Å². The lowest BCUT2D eigenvalue weighted by Gasteiger charge is -2.26. The summed E-state index contributed by atoms with van der Waals surface area (Å²) in [6.45, 7) is 4.67. The van der Waals surface area contributed by atoms with E-state index in [9.17, 15) is 4.79 Å². The maximum absolute atomic E-state index is 12.1. The Bertz CT molecular complexity index is 526. The number of carbonyl (C=O) groups excluding carboxylic acids is 1. The molecule has 5 heteroatoms. The van der Waals surface area contributed by atoms with E-state index in [2.05, 4.69) is 31.3 Å². The SMILES string of the molecule is CCC(N)(CC)CNC(=O)CCc1cccc(OC2CCCC2)c1.Cl. The molecule has 1 aliphatic rings. The zero-order valence-electron chi connectivity index (χ0n) is 15.6. The van der Waals surface area contributed by atoms with Gasteiger partial charge in [0.15, 0.2) is 0 Å². The number of hydrogen-bond acceptors (Lipinski definition) is 3. The zero-order valence-corrected chi connectivity index (χ0v) is 16.4. The van der Waals surface area contributed by atoms with Crippen LogP contribution in [0.5, 0.6) is 5.75 Å². The van der Waals surface area contributed by atoms with Gasteiger partial charge in [-0.3, -0.25) is 4.79 Å². The van der Waals surface area contributed by atoms with Crippen molar-refractivity contribution >= 4 is 18.3 Å². The molecule has 1 aromatic rings. The van der Waals surface area contributed by atoms with E-state index in [0.717, 1.165) is 43.4 Å². The van der Waals surface area contributed by atoms with Crippen LogP contribution in [0.1, 0.15) is 64.4 Å². The maximum atomic E-state index is 12.1. The van der Waals surface area contributed by atoms with Crippen molar-refractivity contribution in [3.8, 4) is 5.75 Å². The molecule has 4 nitrogen and oxygen atoms in total. The third-order valence-corrected chi connectivity index (χ3v) is 5.19. The lowest BCUT2D eigenvalue weighted by atomic mass is 9.94. The monoisotopic (exact) mass is 368 g/mol. The minimum absolute atomic E-state index is 0. The molecule has 0 spiro atoms. The summed E-state index contributed by atoms with van der Waals surface area (Å²) in [5, 5.41) is 2.97. The smallest absolute Gasteiger partial charge is 0.220 e. The molecule has 3 N–H and O–H groups in total. The van der Waals surface area contributed by atoms with E-state index in [4.69, 9.17) is 10.5 Å². The summed E-state index contributed by atoms with van der Waals surface area (Å²) < 4.78 is 6.03. The second-order valence-electron chi connectivity index (χ2n) is 7.02. The Morgan fingerprint density at radius 3 is 2.60 bits per heavy atom. The number of hydrogen-bond donors (Lipinski definition) is 2. The van der Waals surface area contributed by atoms with Gasteiger partial charge in [-0.05, 0) is 62.6 Å². The molecular weight excluding hydrogens is 336 g/mol. The highest BCUT2D eigenvalue weighted by Gasteiger charge is 2.20. The van der Waals surface area contributed by atoms with Crippen LogP contribution < -0.4 is 15.8 Å². The summed E-state index contributed by atoms with van der Waals surface area (Å²) in [6.07, 6.45) is 8.15. The van der Waals surface area contributed by atoms with Crippen molar-refractivity contribution in [2.24, 2.45) is 5.73 Å². The third-order valence-electron chi connectivity index (χ3n) is 5.19. The lowest BCUT2D eigenvalue weighted by molar-refractivity contribution is -0.121. The van der Waals surface area contributed by atoms with Crippen molar-refractivity contribution < 1.29 is 9.53 Å². The highest BCUT2D eigenvalue weighted by atomic mass is 35.5. The van der Waals surface area contributed by atoms with E-state index in [1.54, 1.807) is 0 Å². The number of nitrogens with two attached hydrogens (primary N) is 1. The van der Waals surface area contributed by atoms with Crippen LogP contribution >= 0.6 is 12.4 Å². The molecular formula is C20H33ClN2O2. The van der Waals surface area contributed by atoms with Crippen LogP contribution in [0.2, 0.25) is 0 Å². The molecule has 1 aromatic carbocycles. The van der Waals surface area contributed by atoms with E-state index < -0.39 is 0 Å². The third kappa shape index (κ3) is 7.25. The van der Waals surface area contributed by atoms with Crippen molar-refractivity contribution in [2.75, 3.05) is 6.54 Å². The molecule has 0 aromatic heterocycles. The van der Waals surface area contributed by atoms with E-state index in [0.29, 0.717) is 19.1 Å². The number of nitrogens with one attached hydrogen (secondary N) is 1. The van der Waals surface area contributed by atoms with Crippen LogP contribution in [-0.4, -0.2) is 24.1 Å². The van der Waals surface area contributed by atoms with Gasteiger partial charge in [0, 0.05) is 18.5 Å². The van der Waals surface area contributed by atoms with Crippen LogP contribution in [0.25, 0.3) is 0 Å². The summed E-state index contributed by atoms with van der Waals surface area (Å²) in [6, 6.07) is 8.14. The Kier molecular flexibility index (Phi) is 9.30. The van der Waals surface area contributed by atoms with Crippen molar-refractivity contribution in [2.45, 2.75) is 76.9 Å². The summed E-state index contributed by atoms with van der Waals surface area (Å²) in [7, 11) is 0. The maximum Gasteiger partial charge on any atom is 0.220 e. The van der Waals surface area contributed by atoms with Crippen molar-refractivity contribution in [3.05, 3.63) is 29.8 Å². The van der Waals surface area contributed by atoms with E-state index >= 15 is 0 Å². The Labute approximate surface area is 158 Å². The predicted molar refractivity (Wildman–Crippen MR) is 105 cm³/mol. The van der Waals surface area contributed by atoms with Gasteiger partial charge in [-0.2, -0.15) is 0 Å². The second kappa shape index (κ2) is 10.7. The molecule has 0 heterocycles. The van der Waals surface area contributed by atoms with Gasteiger partial charge in [0.1, 0.15) is 5.75 Å². The average Bonchev–Trinajstić information content (AvgIpc) is 3.11. The first-order chi connectivity index (χ1) is 11.5. The molecule has 0 aliphatic heterocycles. The summed E-state index contributed by atoms with van der Waals surface area (Å²) in [4.78, 5) is 12.1. The highest BCUT2D eigenvalue weighted by molar-refractivity contribution is 5.85. The lowest BCUT2D eigenvalue weighted by Crippen LogP contribution is -2.49. The molecule has 2 rings (SSSR count). The number of ether oxygens (including phenoxy) is 1.